The number of rotatable bonds is 5. The number of amides is 1. The normalized spacial score (nSPS) is 24.9. The highest BCUT2D eigenvalue weighted by Crippen LogP contribution is 2.43. The highest BCUT2D eigenvalue weighted by atomic mass is 16.7. The average Bonchev–Trinajstić information content (AvgIpc) is 2.43. The Bertz CT molecular complexity index is 301. The van der Waals surface area contributed by atoms with Gasteiger partial charge in [-0.25, -0.2) is 0 Å². The molecule has 1 unspecified atom stereocenters. The van der Waals surface area contributed by atoms with Gasteiger partial charge >= 0.3 is 7.12 Å². The number of hydrogen-bond donors (Lipinski definition) is 1. The molecule has 2 N–H and O–H groups in total. The van der Waals surface area contributed by atoms with Crippen molar-refractivity contribution in [3.63, 3.8) is 0 Å². The van der Waals surface area contributed by atoms with Crippen molar-refractivity contribution in [1.29, 1.82) is 0 Å². The Kier molecular flexibility index (Phi) is 4.49. The number of primary amides is 1. The molecule has 1 amide bonds. The first kappa shape index (κ1) is 15.5. The van der Waals surface area contributed by atoms with E-state index in [1.807, 2.05) is 41.5 Å². The van der Waals surface area contributed by atoms with E-state index in [4.69, 9.17) is 15.0 Å². The topological polar surface area (TPSA) is 61.6 Å². The fourth-order valence-corrected chi connectivity index (χ4v) is 2.45. The third-order valence-corrected chi connectivity index (χ3v) is 4.41. The molecule has 0 spiro atoms. The van der Waals surface area contributed by atoms with Crippen LogP contribution >= 0.6 is 0 Å². The van der Waals surface area contributed by atoms with Crippen LogP contribution in [0.25, 0.3) is 0 Å². The van der Waals surface area contributed by atoms with E-state index in [1.165, 1.54) is 0 Å². The van der Waals surface area contributed by atoms with Gasteiger partial charge < -0.3 is 15.0 Å². The van der Waals surface area contributed by atoms with Crippen molar-refractivity contribution >= 4 is 13.0 Å². The minimum Gasteiger partial charge on any atom is -0.403 e. The van der Waals surface area contributed by atoms with Gasteiger partial charge in [-0.1, -0.05) is 20.3 Å². The maximum absolute atomic E-state index is 11.5. The zero-order valence-corrected chi connectivity index (χ0v) is 12.4. The minimum absolute atomic E-state index is 0.0218. The van der Waals surface area contributed by atoms with Crippen LogP contribution < -0.4 is 5.73 Å². The van der Waals surface area contributed by atoms with Crippen LogP contribution in [-0.2, 0) is 14.1 Å². The lowest BCUT2D eigenvalue weighted by molar-refractivity contribution is -0.122. The van der Waals surface area contributed by atoms with Crippen molar-refractivity contribution in [2.24, 2.45) is 11.7 Å². The zero-order chi connectivity index (χ0) is 14.1. The molecule has 0 bridgehead atoms. The Balaban J connectivity index is 2.90. The molecule has 0 aromatic carbocycles. The molecule has 18 heavy (non-hydrogen) atoms. The van der Waals surface area contributed by atoms with Crippen molar-refractivity contribution in [1.82, 2.24) is 0 Å². The summed E-state index contributed by atoms with van der Waals surface area (Å²) in [7, 11) is -0.350. The Morgan fingerprint density at radius 1 is 1.11 bits per heavy atom. The standard InChI is InChI=1S/C13H26BNO3/c1-7-9(11(15)16)10(8-2)14-17-12(3,4)13(5,6)18-14/h9-10H,7-8H2,1-6H3,(H2,15,16)/t9?,10-/m1/s1. The number of carbonyl (C=O) groups excluding carboxylic acids is 1. The van der Waals surface area contributed by atoms with Crippen LogP contribution in [0.15, 0.2) is 0 Å². The molecule has 1 saturated heterocycles. The summed E-state index contributed by atoms with van der Waals surface area (Å²) in [6.07, 6.45) is 1.54. The highest BCUT2D eigenvalue weighted by molar-refractivity contribution is 6.48. The largest absolute Gasteiger partial charge is 0.461 e. The summed E-state index contributed by atoms with van der Waals surface area (Å²) in [5, 5.41) is 0. The van der Waals surface area contributed by atoms with Crippen molar-refractivity contribution < 1.29 is 14.1 Å². The predicted octanol–water partition coefficient (Wildman–Crippen LogP) is 2.37. The van der Waals surface area contributed by atoms with Crippen LogP contribution in [0.1, 0.15) is 54.4 Å². The van der Waals surface area contributed by atoms with Crippen LogP contribution in [0, 0.1) is 5.92 Å². The van der Waals surface area contributed by atoms with Gasteiger partial charge in [-0.2, -0.15) is 0 Å². The zero-order valence-electron chi connectivity index (χ0n) is 12.4. The van der Waals surface area contributed by atoms with Crippen LogP contribution in [0.3, 0.4) is 0 Å². The van der Waals surface area contributed by atoms with Gasteiger partial charge in [-0.3, -0.25) is 4.79 Å². The molecule has 1 heterocycles. The second kappa shape index (κ2) is 5.21. The first-order valence-electron chi connectivity index (χ1n) is 6.81. The molecule has 0 aliphatic carbocycles. The summed E-state index contributed by atoms with van der Waals surface area (Å²) >= 11 is 0. The van der Waals surface area contributed by atoms with Gasteiger partial charge in [-0.05, 0) is 34.1 Å². The van der Waals surface area contributed by atoms with E-state index in [2.05, 4.69) is 0 Å². The van der Waals surface area contributed by atoms with Gasteiger partial charge in [0.15, 0.2) is 0 Å². The molecule has 104 valence electrons. The van der Waals surface area contributed by atoms with E-state index in [9.17, 15) is 4.79 Å². The summed E-state index contributed by atoms with van der Waals surface area (Å²) < 4.78 is 12.0. The maximum atomic E-state index is 11.5. The van der Waals surface area contributed by atoms with Crippen LogP contribution in [0.5, 0.6) is 0 Å². The first-order valence-corrected chi connectivity index (χ1v) is 6.81. The van der Waals surface area contributed by atoms with Crippen LogP contribution in [0.2, 0.25) is 5.82 Å². The second-order valence-corrected chi connectivity index (χ2v) is 6.11. The summed E-state index contributed by atoms with van der Waals surface area (Å²) in [5.74, 6) is -0.433. The van der Waals surface area contributed by atoms with Gasteiger partial charge in [0.05, 0.1) is 11.2 Å². The SMILES string of the molecule is CCC(C(N)=O)[C@@H](CC)B1OC(C)(C)C(C)(C)O1. The summed E-state index contributed by atoms with van der Waals surface area (Å²) in [6, 6.07) is 0. The van der Waals surface area contributed by atoms with E-state index in [-0.39, 0.29) is 36.0 Å². The molecular formula is C13H26BNO3. The molecule has 1 aliphatic heterocycles. The number of nitrogens with two attached hydrogens (primary N) is 1. The lowest BCUT2D eigenvalue weighted by atomic mass is 9.62. The molecule has 1 rings (SSSR count). The number of hydrogen-bond acceptors (Lipinski definition) is 3. The van der Waals surface area contributed by atoms with Crippen molar-refractivity contribution in [2.45, 2.75) is 71.4 Å². The van der Waals surface area contributed by atoms with E-state index in [1.54, 1.807) is 0 Å². The van der Waals surface area contributed by atoms with E-state index in [0.717, 1.165) is 12.8 Å². The molecule has 5 heteroatoms. The fourth-order valence-electron chi connectivity index (χ4n) is 2.45. The lowest BCUT2D eigenvalue weighted by Crippen LogP contribution is -2.41. The second-order valence-electron chi connectivity index (χ2n) is 6.11. The van der Waals surface area contributed by atoms with E-state index >= 15 is 0 Å². The van der Waals surface area contributed by atoms with Gasteiger partial charge in [0.2, 0.25) is 5.91 Å². The molecule has 0 aromatic heterocycles. The van der Waals surface area contributed by atoms with Gasteiger partial charge in [-0.15, -0.1) is 0 Å². The van der Waals surface area contributed by atoms with E-state index in [0.29, 0.717) is 0 Å². The molecule has 1 aliphatic rings. The van der Waals surface area contributed by atoms with Gasteiger partial charge in [0.1, 0.15) is 0 Å². The highest BCUT2D eigenvalue weighted by Gasteiger charge is 2.54. The smallest absolute Gasteiger partial charge is 0.403 e. The summed E-state index contributed by atoms with van der Waals surface area (Å²) in [4.78, 5) is 11.5. The number of carbonyl (C=O) groups is 1. The molecule has 0 radical (unpaired) electrons. The van der Waals surface area contributed by atoms with Crippen LogP contribution in [-0.4, -0.2) is 24.2 Å². The van der Waals surface area contributed by atoms with Crippen molar-refractivity contribution in [3.8, 4) is 0 Å². The Labute approximate surface area is 111 Å². The molecule has 1 fully saturated rings. The monoisotopic (exact) mass is 255 g/mol. The van der Waals surface area contributed by atoms with Gasteiger partial charge in [0, 0.05) is 11.7 Å². The molecule has 0 aromatic rings. The molecule has 0 saturated carbocycles. The van der Waals surface area contributed by atoms with Crippen molar-refractivity contribution in [2.75, 3.05) is 0 Å². The molecule has 2 atom stereocenters. The Morgan fingerprint density at radius 2 is 1.56 bits per heavy atom. The third-order valence-electron chi connectivity index (χ3n) is 4.41. The molecular weight excluding hydrogens is 229 g/mol. The summed E-state index contributed by atoms with van der Waals surface area (Å²) in [6.45, 7) is 12.1. The minimum atomic E-state index is -0.360. The quantitative estimate of drug-likeness (QED) is 0.767. The molecule has 4 nitrogen and oxygen atoms in total. The lowest BCUT2D eigenvalue weighted by Gasteiger charge is -2.32. The van der Waals surface area contributed by atoms with Gasteiger partial charge in [0.25, 0.3) is 0 Å². The third kappa shape index (κ3) is 2.72. The Morgan fingerprint density at radius 3 is 1.83 bits per heavy atom. The maximum Gasteiger partial charge on any atom is 0.461 e. The summed E-state index contributed by atoms with van der Waals surface area (Å²) in [5.41, 5.74) is 4.76. The van der Waals surface area contributed by atoms with Crippen LogP contribution in [0.4, 0.5) is 0 Å². The van der Waals surface area contributed by atoms with E-state index < -0.39 is 0 Å². The fraction of sp³-hybridized carbons (Fsp3) is 0.923. The van der Waals surface area contributed by atoms with Crippen molar-refractivity contribution in [3.05, 3.63) is 0 Å². The Hall–Kier alpha value is -0.545. The average molecular weight is 255 g/mol. The first-order chi connectivity index (χ1) is 8.16. The predicted molar refractivity (Wildman–Crippen MR) is 73.1 cm³/mol.